The summed E-state index contributed by atoms with van der Waals surface area (Å²) < 4.78 is 0. The van der Waals surface area contributed by atoms with Gasteiger partial charge in [0.25, 0.3) is 0 Å². The van der Waals surface area contributed by atoms with Gasteiger partial charge in [0.05, 0.1) is 5.41 Å². The van der Waals surface area contributed by atoms with Crippen molar-refractivity contribution in [2.24, 2.45) is 28.9 Å². The number of nitrogens with two attached hydrogens (primary N) is 1. The van der Waals surface area contributed by atoms with Gasteiger partial charge in [-0.2, -0.15) is 0 Å². The van der Waals surface area contributed by atoms with Gasteiger partial charge in [0.15, 0.2) is 0 Å². The van der Waals surface area contributed by atoms with Crippen molar-refractivity contribution in [2.45, 2.75) is 31.7 Å². The number of carbonyl (C=O) groups is 1. The predicted octanol–water partition coefficient (Wildman–Crippen LogP) is 0.496. The Bertz CT molecular complexity index is 291. The minimum absolute atomic E-state index is 0.0348. The molecule has 0 saturated heterocycles. The molecule has 4 rings (SSSR count). The van der Waals surface area contributed by atoms with Crippen LogP contribution in [0.3, 0.4) is 0 Å². The number of hydrogen-bond acceptors (Lipinski definition) is 2. The van der Waals surface area contributed by atoms with E-state index in [-0.39, 0.29) is 11.3 Å². The molecule has 4 bridgehead atoms. The molecule has 14 heavy (non-hydrogen) atoms. The standard InChI is InChI=1S/C11H18N2O/c1-13-9-7-2-6-3-8(9)11(4-6,5-7)10(12)14/h6-9,13H,2-5H2,1H3,(H2,12,14). The highest BCUT2D eigenvalue weighted by molar-refractivity contribution is 5.82. The van der Waals surface area contributed by atoms with Crippen LogP contribution in [0.1, 0.15) is 25.7 Å². The Balaban J connectivity index is 2.00. The summed E-state index contributed by atoms with van der Waals surface area (Å²) >= 11 is 0. The second-order valence-corrected chi connectivity index (χ2v) is 5.45. The van der Waals surface area contributed by atoms with Crippen molar-refractivity contribution in [2.75, 3.05) is 7.05 Å². The normalized spacial score (nSPS) is 54.1. The first-order chi connectivity index (χ1) is 6.67. The van der Waals surface area contributed by atoms with Gasteiger partial charge in [-0.3, -0.25) is 4.79 Å². The average Bonchev–Trinajstić information content (AvgIpc) is 2.52. The molecule has 5 unspecified atom stereocenters. The van der Waals surface area contributed by atoms with Crippen molar-refractivity contribution >= 4 is 5.91 Å². The van der Waals surface area contributed by atoms with E-state index in [1.807, 2.05) is 7.05 Å². The summed E-state index contributed by atoms with van der Waals surface area (Å²) in [6.07, 6.45) is 4.67. The van der Waals surface area contributed by atoms with Crippen LogP contribution in [0.5, 0.6) is 0 Å². The molecule has 0 heterocycles. The number of amides is 1. The van der Waals surface area contributed by atoms with E-state index in [0.717, 1.165) is 18.8 Å². The summed E-state index contributed by atoms with van der Waals surface area (Å²) in [6.45, 7) is 0. The summed E-state index contributed by atoms with van der Waals surface area (Å²) in [7, 11) is 2.02. The van der Waals surface area contributed by atoms with Crippen LogP contribution in [0.15, 0.2) is 0 Å². The largest absolute Gasteiger partial charge is 0.369 e. The fourth-order valence-corrected chi connectivity index (χ4v) is 4.64. The lowest BCUT2D eigenvalue weighted by Crippen LogP contribution is -2.42. The van der Waals surface area contributed by atoms with Crippen LogP contribution in [0, 0.1) is 23.2 Å². The Labute approximate surface area is 84.4 Å². The van der Waals surface area contributed by atoms with E-state index < -0.39 is 0 Å². The van der Waals surface area contributed by atoms with Gasteiger partial charge < -0.3 is 11.1 Å². The Morgan fingerprint density at radius 1 is 1.43 bits per heavy atom. The van der Waals surface area contributed by atoms with Crippen LogP contribution in [0.2, 0.25) is 0 Å². The summed E-state index contributed by atoms with van der Waals surface area (Å²) in [6, 6.07) is 0.557. The lowest BCUT2D eigenvalue weighted by atomic mass is 9.75. The Kier molecular flexibility index (Phi) is 1.56. The van der Waals surface area contributed by atoms with E-state index in [2.05, 4.69) is 5.32 Å². The van der Waals surface area contributed by atoms with Crippen LogP contribution >= 0.6 is 0 Å². The molecule has 4 saturated carbocycles. The molecule has 0 spiro atoms. The fraction of sp³-hybridized carbons (Fsp3) is 0.909. The highest BCUT2D eigenvalue weighted by Gasteiger charge is 2.64. The molecule has 5 atom stereocenters. The van der Waals surface area contributed by atoms with E-state index >= 15 is 0 Å². The maximum Gasteiger partial charge on any atom is 0.224 e. The van der Waals surface area contributed by atoms with Crippen molar-refractivity contribution < 1.29 is 4.79 Å². The number of nitrogens with one attached hydrogen (secondary N) is 1. The van der Waals surface area contributed by atoms with Gasteiger partial charge in [0.1, 0.15) is 0 Å². The monoisotopic (exact) mass is 194 g/mol. The third-order valence-corrected chi connectivity index (χ3v) is 4.98. The van der Waals surface area contributed by atoms with Gasteiger partial charge in [-0.1, -0.05) is 0 Å². The van der Waals surface area contributed by atoms with Gasteiger partial charge in [0.2, 0.25) is 5.91 Å². The zero-order chi connectivity index (χ0) is 9.92. The van der Waals surface area contributed by atoms with Gasteiger partial charge in [-0.25, -0.2) is 0 Å². The van der Waals surface area contributed by atoms with Crippen molar-refractivity contribution in [3.63, 3.8) is 0 Å². The lowest BCUT2D eigenvalue weighted by molar-refractivity contribution is -0.129. The Hall–Kier alpha value is -0.570. The van der Waals surface area contributed by atoms with Crippen molar-refractivity contribution in [1.29, 1.82) is 0 Å². The molecule has 4 aliphatic rings. The highest BCUT2D eigenvalue weighted by atomic mass is 16.1. The molecule has 0 aromatic heterocycles. The van der Waals surface area contributed by atoms with Crippen LogP contribution in [0.4, 0.5) is 0 Å². The van der Waals surface area contributed by atoms with Gasteiger partial charge in [-0.05, 0) is 50.5 Å². The second kappa shape index (κ2) is 2.51. The Morgan fingerprint density at radius 2 is 2.21 bits per heavy atom. The predicted molar refractivity (Wildman–Crippen MR) is 53.4 cm³/mol. The Morgan fingerprint density at radius 3 is 2.86 bits per heavy atom. The third kappa shape index (κ3) is 0.800. The summed E-state index contributed by atoms with van der Waals surface area (Å²) in [5.74, 6) is 2.00. The van der Waals surface area contributed by atoms with E-state index in [9.17, 15) is 4.79 Å². The van der Waals surface area contributed by atoms with Gasteiger partial charge in [0, 0.05) is 6.04 Å². The molecular weight excluding hydrogens is 176 g/mol. The molecule has 3 nitrogen and oxygen atoms in total. The minimum atomic E-state index is -0.124. The second-order valence-electron chi connectivity index (χ2n) is 5.45. The quantitative estimate of drug-likeness (QED) is 0.672. The molecule has 3 N–H and O–H groups in total. The molecule has 3 heteroatoms. The number of rotatable bonds is 2. The molecule has 78 valence electrons. The summed E-state index contributed by atoms with van der Waals surface area (Å²) in [4.78, 5) is 11.6. The zero-order valence-electron chi connectivity index (χ0n) is 8.62. The molecule has 4 aliphatic carbocycles. The number of carbonyl (C=O) groups excluding carboxylic acids is 1. The van der Waals surface area contributed by atoms with Crippen molar-refractivity contribution in [1.82, 2.24) is 5.32 Å². The third-order valence-electron chi connectivity index (χ3n) is 4.98. The maximum absolute atomic E-state index is 11.6. The molecule has 0 aliphatic heterocycles. The zero-order valence-corrected chi connectivity index (χ0v) is 8.62. The molecule has 4 fully saturated rings. The number of primary amides is 1. The molecule has 0 radical (unpaired) electrons. The van der Waals surface area contributed by atoms with Gasteiger partial charge in [-0.15, -0.1) is 0 Å². The SMILES string of the molecule is CNC1C2CC3CC1C(C(N)=O)(C3)C2. The average molecular weight is 194 g/mol. The van der Waals surface area contributed by atoms with Crippen LogP contribution in [0.25, 0.3) is 0 Å². The minimum Gasteiger partial charge on any atom is -0.369 e. The van der Waals surface area contributed by atoms with Crippen molar-refractivity contribution in [3.8, 4) is 0 Å². The van der Waals surface area contributed by atoms with Crippen molar-refractivity contribution in [3.05, 3.63) is 0 Å². The summed E-state index contributed by atoms with van der Waals surface area (Å²) in [5, 5.41) is 3.39. The molecule has 0 aromatic carbocycles. The molecular formula is C11H18N2O. The van der Waals surface area contributed by atoms with Crippen LogP contribution in [-0.4, -0.2) is 19.0 Å². The summed E-state index contributed by atoms with van der Waals surface area (Å²) in [5.41, 5.74) is 5.48. The molecule has 0 aromatic rings. The van der Waals surface area contributed by atoms with E-state index in [1.165, 1.54) is 12.8 Å². The first-order valence-electron chi connectivity index (χ1n) is 5.64. The number of hydrogen-bond donors (Lipinski definition) is 2. The smallest absolute Gasteiger partial charge is 0.224 e. The highest BCUT2D eigenvalue weighted by Crippen LogP contribution is 2.65. The van der Waals surface area contributed by atoms with Gasteiger partial charge >= 0.3 is 0 Å². The topological polar surface area (TPSA) is 55.1 Å². The molecule has 1 amide bonds. The first kappa shape index (κ1) is 8.72. The fourth-order valence-electron chi connectivity index (χ4n) is 4.64. The lowest BCUT2D eigenvalue weighted by Gasteiger charge is -2.31. The van der Waals surface area contributed by atoms with Crippen LogP contribution in [-0.2, 0) is 4.79 Å². The first-order valence-corrected chi connectivity index (χ1v) is 5.64. The van der Waals surface area contributed by atoms with E-state index in [0.29, 0.717) is 17.9 Å². The maximum atomic E-state index is 11.6. The van der Waals surface area contributed by atoms with Crippen LogP contribution < -0.4 is 11.1 Å². The van der Waals surface area contributed by atoms with E-state index in [1.54, 1.807) is 0 Å². The van der Waals surface area contributed by atoms with E-state index in [4.69, 9.17) is 5.73 Å².